The molecule has 0 aliphatic heterocycles. The zero-order valence-electron chi connectivity index (χ0n) is 13.3. The maximum absolute atomic E-state index is 12.7. The number of carbonyl (C=O) groups excluding carboxylic acids is 1. The number of rotatable bonds is 3. The fourth-order valence-corrected chi connectivity index (χ4v) is 2.82. The number of H-pyrrole nitrogens is 1. The summed E-state index contributed by atoms with van der Waals surface area (Å²) in [5.41, 5.74) is 3.59. The van der Waals surface area contributed by atoms with Gasteiger partial charge in [-0.2, -0.15) is 0 Å². The number of amides is 1. The van der Waals surface area contributed by atoms with Crippen LogP contribution >= 0.6 is 11.6 Å². The number of anilines is 1. The van der Waals surface area contributed by atoms with Gasteiger partial charge in [0.25, 0.3) is 5.91 Å². The molecule has 0 unspecified atom stereocenters. The van der Waals surface area contributed by atoms with E-state index in [9.17, 15) is 4.79 Å². The zero-order chi connectivity index (χ0) is 17.4. The van der Waals surface area contributed by atoms with Crippen molar-refractivity contribution in [3.63, 3.8) is 0 Å². The van der Waals surface area contributed by atoms with Crippen LogP contribution in [0, 0.1) is 6.92 Å². The number of halogens is 1. The molecule has 124 valence electrons. The fraction of sp³-hybridized carbons (Fsp3) is 0.0526. The molecule has 4 aromatic rings. The lowest BCUT2D eigenvalue weighted by Crippen LogP contribution is -2.13. The predicted octanol–water partition coefficient (Wildman–Crippen LogP) is 5.04. The first kappa shape index (κ1) is 15.5. The lowest BCUT2D eigenvalue weighted by Gasteiger charge is -2.08. The molecule has 2 heterocycles. The van der Waals surface area contributed by atoms with Crippen LogP contribution in [-0.2, 0) is 0 Å². The Morgan fingerprint density at radius 2 is 1.96 bits per heavy atom. The van der Waals surface area contributed by atoms with Gasteiger partial charge in [0.15, 0.2) is 16.8 Å². The maximum Gasteiger partial charge on any atom is 0.257 e. The van der Waals surface area contributed by atoms with Gasteiger partial charge in [0, 0.05) is 5.69 Å². The molecule has 1 amide bonds. The number of furan rings is 1. The number of hydrogen-bond donors (Lipinski definition) is 2. The highest BCUT2D eigenvalue weighted by atomic mass is 35.5. The van der Waals surface area contributed by atoms with E-state index in [-0.39, 0.29) is 11.1 Å². The molecule has 0 atom stereocenters. The van der Waals surface area contributed by atoms with Crippen LogP contribution in [0.4, 0.5) is 5.69 Å². The number of fused-ring (bicyclic) bond motifs is 1. The first-order chi connectivity index (χ1) is 12.1. The summed E-state index contributed by atoms with van der Waals surface area (Å²) in [5.74, 6) is 0.833. The lowest BCUT2D eigenvalue weighted by atomic mass is 10.1. The Labute approximate surface area is 148 Å². The molecule has 0 saturated heterocycles. The third-order valence-electron chi connectivity index (χ3n) is 3.96. The molecular formula is C19H14ClN3O2. The van der Waals surface area contributed by atoms with Crippen LogP contribution in [0.5, 0.6) is 0 Å². The predicted molar refractivity (Wildman–Crippen MR) is 97.9 cm³/mol. The Morgan fingerprint density at radius 1 is 1.12 bits per heavy atom. The Morgan fingerprint density at radius 3 is 2.72 bits per heavy atom. The van der Waals surface area contributed by atoms with E-state index in [2.05, 4.69) is 15.3 Å². The van der Waals surface area contributed by atoms with Gasteiger partial charge in [0.1, 0.15) is 5.52 Å². The molecule has 0 radical (unpaired) electrons. The van der Waals surface area contributed by atoms with Crippen LogP contribution in [0.25, 0.3) is 22.6 Å². The Hall–Kier alpha value is -3.05. The second kappa shape index (κ2) is 6.11. The smallest absolute Gasteiger partial charge is 0.257 e. The third-order valence-corrected chi connectivity index (χ3v) is 4.16. The van der Waals surface area contributed by atoms with Crippen molar-refractivity contribution in [2.75, 3.05) is 5.32 Å². The summed E-state index contributed by atoms with van der Waals surface area (Å²) in [5, 5.41) is 3.22. The standard InChI is InChI=1S/C19H14ClN3O2/c1-11-5-2-3-7-13(11)22-19(24)12-6-4-8-14-17(12)23-18(21-14)15-9-10-16(20)25-15/h2-10H,1H3,(H,21,23)(H,22,24). The van der Waals surface area contributed by atoms with Crippen molar-refractivity contribution in [1.29, 1.82) is 0 Å². The highest BCUT2D eigenvalue weighted by Gasteiger charge is 2.16. The van der Waals surface area contributed by atoms with Gasteiger partial charge in [-0.15, -0.1) is 0 Å². The molecule has 5 nitrogen and oxygen atoms in total. The van der Waals surface area contributed by atoms with Crippen molar-refractivity contribution in [3.05, 3.63) is 70.9 Å². The van der Waals surface area contributed by atoms with Crippen molar-refractivity contribution < 1.29 is 9.21 Å². The number of carbonyl (C=O) groups is 1. The summed E-state index contributed by atoms with van der Waals surface area (Å²) in [6.45, 7) is 1.95. The van der Waals surface area contributed by atoms with E-state index in [0.29, 0.717) is 22.7 Å². The third kappa shape index (κ3) is 2.90. The van der Waals surface area contributed by atoms with Gasteiger partial charge in [-0.1, -0.05) is 24.3 Å². The quantitative estimate of drug-likeness (QED) is 0.543. The number of benzene rings is 2. The zero-order valence-corrected chi connectivity index (χ0v) is 14.1. The molecule has 4 rings (SSSR count). The Balaban J connectivity index is 1.73. The minimum atomic E-state index is -0.213. The van der Waals surface area contributed by atoms with Gasteiger partial charge < -0.3 is 14.7 Å². The number of nitrogens with zero attached hydrogens (tertiary/aromatic N) is 1. The normalized spacial score (nSPS) is 11.0. The van der Waals surface area contributed by atoms with E-state index in [1.165, 1.54) is 0 Å². The number of aromatic nitrogens is 2. The SMILES string of the molecule is Cc1ccccc1NC(=O)c1cccc2[nH]c(-c3ccc(Cl)o3)nc12. The second-order valence-electron chi connectivity index (χ2n) is 5.66. The number of para-hydroxylation sites is 2. The summed E-state index contributed by atoms with van der Waals surface area (Å²) in [7, 11) is 0. The molecule has 0 aliphatic carbocycles. The van der Waals surface area contributed by atoms with Crippen LogP contribution in [0.15, 0.2) is 59.0 Å². The number of imidazole rings is 1. The van der Waals surface area contributed by atoms with Gasteiger partial charge in [-0.25, -0.2) is 4.98 Å². The Bertz CT molecular complexity index is 1080. The second-order valence-corrected chi connectivity index (χ2v) is 6.03. The van der Waals surface area contributed by atoms with Crippen LogP contribution in [0.1, 0.15) is 15.9 Å². The summed E-state index contributed by atoms with van der Waals surface area (Å²) in [4.78, 5) is 20.4. The molecule has 25 heavy (non-hydrogen) atoms. The van der Waals surface area contributed by atoms with E-state index in [4.69, 9.17) is 16.0 Å². The first-order valence-corrected chi connectivity index (χ1v) is 8.11. The molecule has 0 fully saturated rings. The maximum atomic E-state index is 12.7. The van der Waals surface area contributed by atoms with Crippen LogP contribution in [0.2, 0.25) is 5.22 Å². The van der Waals surface area contributed by atoms with E-state index in [0.717, 1.165) is 16.8 Å². The van der Waals surface area contributed by atoms with Gasteiger partial charge in [0.2, 0.25) is 0 Å². The van der Waals surface area contributed by atoms with Gasteiger partial charge in [0.05, 0.1) is 11.1 Å². The lowest BCUT2D eigenvalue weighted by molar-refractivity contribution is 0.102. The summed E-state index contributed by atoms with van der Waals surface area (Å²) < 4.78 is 5.38. The van der Waals surface area contributed by atoms with Crippen LogP contribution in [0.3, 0.4) is 0 Å². The first-order valence-electron chi connectivity index (χ1n) is 7.73. The van der Waals surface area contributed by atoms with Gasteiger partial charge in [-0.3, -0.25) is 4.79 Å². The summed E-state index contributed by atoms with van der Waals surface area (Å²) in [6.07, 6.45) is 0. The summed E-state index contributed by atoms with van der Waals surface area (Å²) in [6, 6.07) is 16.4. The highest BCUT2D eigenvalue weighted by molar-refractivity contribution is 6.29. The molecular weight excluding hydrogens is 338 g/mol. The highest BCUT2D eigenvalue weighted by Crippen LogP contribution is 2.26. The van der Waals surface area contributed by atoms with E-state index in [1.54, 1.807) is 18.2 Å². The number of aromatic amines is 1. The van der Waals surface area contributed by atoms with Crippen molar-refractivity contribution in [2.24, 2.45) is 0 Å². The number of hydrogen-bond acceptors (Lipinski definition) is 3. The van der Waals surface area contributed by atoms with Gasteiger partial charge in [-0.05, 0) is 54.4 Å². The van der Waals surface area contributed by atoms with Crippen LogP contribution < -0.4 is 5.32 Å². The fourth-order valence-electron chi connectivity index (χ4n) is 2.68. The van der Waals surface area contributed by atoms with E-state index in [1.807, 2.05) is 43.3 Å². The average Bonchev–Trinajstić information content (AvgIpc) is 3.22. The molecule has 0 aliphatic rings. The van der Waals surface area contributed by atoms with Crippen LogP contribution in [-0.4, -0.2) is 15.9 Å². The van der Waals surface area contributed by atoms with Crippen molar-refractivity contribution in [1.82, 2.24) is 9.97 Å². The summed E-state index contributed by atoms with van der Waals surface area (Å²) >= 11 is 5.82. The number of nitrogens with one attached hydrogen (secondary N) is 2. The van der Waals surface area contributed by atoms with Gasteiger partial charge >= 0.3 is 0 Å². The van der Waals surface area contributed by atoms with E-state index < -0.39 is 0 Å². The molecule has 6 heteroatoms. The molecule has 0 spiro atoms. The topological polar surface area (TPSA) is 70.9 Å². The molecule has 2 aromatic carbocycles. The molecule has 2 aromatic heterocycles. The average molecular weight is 352 g/mol. The Kier molecular flexibility index (Phi) is 3.78. The van der Waals surface area contributed by atoms with Crippen molar-refractivity contribution in [3.8, 4) is 11.6 Å². The number of aryl methyl sites for hydroxylation is 1. The molecule has 2 N–H and O–H groups in total. The molecule has 0 saturated carbocycles. The van der Waals surface area contributed by atoms with Crippen molar-refractivity contribution in [2.45, 2.75) is 6.92 Å². The largest absolute Gasteiger partial charge is 0.441 e. The molecule has 0 bridgehead atoms. The monoisotopic (exact) mass is 351 g/mol. The minimum absolute atomic E-state index is 0.213. The van der Waals surface area contributed by atoms with E-state index >= 15 is 0 Å². The van der Waals surface area contributed by atoms with Crippen molar-refractivity contribution >= 4 is 34.2 Å². The minimum Gasteiger partial charge on any atom is -0.441 e.